The van der Waals surface area contributed by atoms with E-state index in [4.69, 9.17) is 0 Å². The first-order chi connectivity index (χ1) is 6.52. The van der Waals surface area contributed by atoms with E-state index in [1.54, 1.807) is 0 Å². The Balaban J connectivity index is 2.59. The van der Waals surface area contributed by atoms with Crippen molar-refractivity contribution >= 4 is 16.4 Å². The van der Waals surface area contributed by atoms with Gasteiger partial charge in [-0.05, 0) is 25.5 Å². The first-order valence-corrected chi connectivity index (χ1v) is 5.77. The molecule has 0 aliphatic carbocycles. The zero-order valence-corrected chi connectivity index (χ0v) is 9.04. The van der Waals surface area contributed by atoms with Crippen LogP contribution < -0.4 is 5.32 Å². The highest BCUT2D eigenvalue weighted by atomic mass is 32.2. The highest BCUT2D eigenvalue weighted by Crippen LogP contribution is 2.42. The number of thiol groups is 1. The Bertz CT molecular complexity index is 430. The van der Waals surface area contributed by atoms with Gasteiger partial charge in [0, 0.05) is 5.69 Å². The summed E-state index contributed by atoms with van der Waals surface area (Å²) in [4.78, 5) is 0. The molecule has 0 spiro atoms. The SMILES string of the molecule is CC1(C)Nc2ccccc2C1[SH](=O)=O. The lowest BCUT2D eigenvalue weighted by Crippen LogP contribution is -2.32. The summed E-state index contributed by atoms with van der Waals surface area (Å²) in [5.41, 5.74) is 1.41. The van der Waals surface area contributed by atoms with E-state index in [-0.39, 0.29) is 0 Å². The van der Waals surface area contributed by atoms with Gasteiger partial charge in [-0.2, -0.15) is 0 Å². The minimum atomic E-state index is -2.44. The molecule has 0 radical (unpaired) electrons. The molecule has 0 saturated heterocycles. The number of hydrogen-bond acceptors (Lipinski definition) is 3. The molecule has 1 aliphatic heterocycles. The lowest BCUT2D eigenvalue weighted by molar-refractivity contribution is 0.537. The number of rotatable bonds is 1. The van der Waals surface area contributed by atoms with Crippen LogP contribution in [-0.4, -0.2) is 14.0 Å². The Kier molecular flexibility index (Phi) is 2.03. The van der Waals surface area contributed by atoms with Gasteiger partial charge >= 0.3 is 0 Å². The van der Waals surface area contributed by atoms with Gasteiger partial charge in [-0.3, -0.25) is 0 Å². The van der Waals surface area contributed by atoms with E-state index in [0.29, 0.717) is 0 Å². The molecule has 2 rings (SSSR count). The van der Waals surface area contributed by atoms with Crippen molar-refractivity contribution in [1.82, 2.24) is 0 Å². The molecule has 0 fully saturated rings. The van der Waals surface area contributed by atoms with Crippen molar-refractivity contribution in [3.8, 4) is 0 Å². The molecule has 1 atom stereocenters. The van der Waals surface area contributed by atoms with Crippen molar-refractivity contribution in [1.29, 1.82) is 0 Å². The van der Waals surface area contributed by atoms with Crippen molar-refractivity contribution in [2.45, 2.75) is 24.6 Å². The second-order valence-electron chi connectivity index (χ2n) is 4.12. The maximum absolute atomic E-state index is 11.2. The maximum atomic E-state index is 11.2. The van der Waals surface area contributed by atoms with E-state index in [1.165, 1.54) is 0 Å². The lowest BCUT2D eigenvalue weighted by atomic mass is 10.00. The molecule has 1 aromatic rings. The Morgan fingerprint density at radius 3 is 2.57 bits per heavy atom. The van der Waals surface area contributed by atoms with Crippen molar-refractivity contribution in [2.24, 2.45) is 0 Å². The molecule has 14 heavy (non-hydrogen) atoms. The van der Waals surface area contributed by atoms with Crippen molar-refractivity contribution in [3.05, 3.63) is 29.8 Å². The predicted octanol–water partition coefficient (Wildman–Crippen LogP) is 1.54. The van der Waals surface area contributed by atoms with Crippen LogP contribution in [0.15, 0.2) is 24.3 Å². The first-order valence-electron chi connectivity index (χ1n) is 4.53. The zero-order valence-electron chi connectivity index (χ0n) is 8.15. The molecule has 1 aliphatic rings. The second kappa shape index (κ2) is 2.98. The summed E-state index contributed by atoms with van der Waals surface area (Å²) in [6, 6.07) is 7.55. The van der Waals surface area contributed by atoms with Crippen molar-refractivity contribution < 1.29 is 8.42 Å². The van der Waals surface area contributed by atoms with Crippen LogP contribution >= 0.6 is 0 Å². The number of nitrogens with one attached hydrogen (secondary N) is 1. The van der Waals surface area contributed by atoms with Crippen LogP contribution in [-0.2, 0) is 10.7 Å². The maximum Gasteiger partial charge on any atom is 0.149 e. The van der Waals surface area contributed by atoms with E-state index >= 15 is 0 Å². The van der Waals surface area contributed by atoms with Gasteiger partial charge in [-0.1, -0.05) is 18.2 Å². The van der Waals surface area contributed by atoms with Crippen LogP contribution in [0.25, 0.3) is 0 Å². The van der Waals surface area contributed by atoms with E-state index in [1.807, 2.05) is 38.1 Å². The summed E-state index contributed by atoms with van der Waals surface area (Å²) < 4.78 is 22.4. The molecule has 0 saturated carbocycles. The highest BCUT2D eigenvalue weighted by Gasteiger charge is 2.40. The number of anilines is 1. The zero-order chi connectivity index (χ0) is 10.3. The van der Waals surface area contributed by atoms with Gasteiger partial charge < -0.3 is 5.32 Å². The Morgan fingerprint density at radius 2 is 1.93 bits per heavy atom. The normalized spacial score (nSPS) is 23.2. The molecule has 76 valence electrons. The number of fused-ring (bicyclic) bond motifs is 1. The minimum absolute atomic E-state index is 0.404. The molecule has 1 unspecified atom stereocenters. The van der Waals surface area contributed by atoms with E-state index in [0.717, 1.165) is 11.3 Å². The van der Waals surface area contributed by atoms with Gasteiger partial charge in [-0.15, -0.1) is 0 Å². The average molecular weight is 211 g/mol. The third kappa shape index (κ3) is 1.30. The third-order valence-electron chi connectivity index (χ3n) is 2.61. The molecule has 1 aromatic carbocycles. The van der Waals surface area contributed by atoms with Crippen LogP contribution in [0.5, 0.6) is 0 Å². The number of para-hydroxylation sites is 1. The molecule has 1 N–H and O–H groups in total. The summed E-state index contributed by atoms with van der Waals surface area (Å²) in [6.07, 6.45) is 0. The molecule has 0 amide bonds. The van der Waals surface area contributed by atoms with Gasteiger partial charge in [0.05, 0.1) is 5.54 Å². The van der Waals surface area contributed by atoms with Crippen LogP contribution in [0.1, 0.15) is 24.7 Å². The minimum Gasteiger partial charge on any atom is -0.378 e. The monoisotopic (exact) mass is 211 g/mol. The topological polar surface area (TPSA) is 46.2 Å². The molecule has 1 heterocycles. The first kappa shape index (κ1) is 9.52. The third-order valence-corrected chi connectivity index (χ3v) is 3.95. The number of benzene rings is 1. The fourth-order valence-electron chi connectivity index (χ4n) is 2.03. The van der Waals surface area contributed by atoms with Crippen molar-refractivity contribution in [2.75, 3.05) is 5.32 Å². The van der Waals surface area contributed by atoms with Gasteiger partial charge in [0.1, 0.15) is 16.0 Å². The molecule has 4 heteroatoms. The quantitative estimate of drug-likeness (QED) is 0.693. The van der Waals surface area contributed by atoms with E-state index < -0.39 is 21.5 Å². The van der Waals surface area contributed by atoms with Gasteiger partial charge in [0.15, 0.2) is 0 Å². The average Bonchev–Trinajstić information content (AvgIpc) is 2.33. The second-order valence-corrected chi connectivity index (χ2v) is 5.21. The molecule has 3 nitrogen and oxygen atoms in total. The summed E-state index contributed by atoms with van der Waals surface area (Å²) in [7, 11) is -2.44. The molecule has 0 bridgehead atoms. The van der Waals surface area contributed by atoms with Crippen LogP contribution in [0.3, 0.4) is 0 Å². The fraction of sp³-hybridized carbons (Fsp3) is 0.400. The van der Waals surface area contributed by atoms with Crippen LogP contribution in [0, 0.1) is 0 Å². The highest BCUT2D eigenvalue weighted by molar-refractivity contribution is 7.72. The Hall–Kier alpha value is -1.03. The van der Waals surface area contributed by atoms with Gasteiger partial charge in [0.2, 0.25) is 0 Å². The Labute approximate surface area is 85.1 Å². The summed E-state index contributed by atoms with van der Waals surface area (Å²) >= 11 is 0. The van der Waals surface area contributed by atoms with E-state index in [9.17, 15) is 8.42 Å². The largest absolute Gasteiger partial charge is 0.378 e. The predicted molar refractivity (Wildman–Crippen MR) is 57.2 cm³/mol. The van der Waals surface area contributed by atoms with Crippen LogP contribution in [0.4, 0.5) is 5.69 Å². The van der Waals surface area contributed by atoms with Crippen LogP contribution in [0.2, 0.25) is 0 Å². The standard InChI is InChI=1S/C10H13NO2S/c1-10(2)9(14(12)13)7-5-3-4-6-8(7)11-10/h3-6,9,11,14H,1-2H3. The lowest BCUT2D eigenvalue weighted by Gasteiger charge is -2.23. The van der Waals surface area contributed by atoms with Gasteiger partial charge in [0.25, 0.3) is 0 Å². The summed E-state index contributed by atoms with van der Waals surface area (Å²) in [5.74, 6) is 0. The molecule has 0 aromatic heterocycles. The summed E-state index contributed by atoms with van der Waals surface area (Å²) in [5, 5.41) is 2.80. The van der Waals surface area contributed by atoms with Crippen molar-refractivity contribution in [3.63, 3.8) is 0 Å². The van der Waals surface area contributed by atoms with Gasteiger partial charge in [-0.25, -0.2) is 8.42 Å². The Morgan fingerprint density at radius 1 is 1.29 bits per heavy atom. The molecular formula is C10H13NO2S. The fourth-order valence-corrected chi connectivity index (χ4v) is 3.07. The van der Waals surface area contributed by atoms with E-state index in [2.05, 4.69) is 5.32 Å². The number of hydrogen-bond donors (Lipinski definition) is 2. The summed E-state index contributed by atoms with van der Waals surface area (Å²) in [6.45, 7) is 3.81. The molecular weight excluding hydrogens is 198 g/mol. The smallest absolute Gasteiger partial charge is 0.149 e.